The van der Waals surface area contributed by atoms with Crippen molar-refractivity contribution in [3.63, 3.8) is 0 Å². The van der Waals surface area contributed by atoms with Crippen LogP contribution in [0.4, 0.5) is 0 Å². The molecule has 3 heteroatoms. The number of benzene rings is 1. The van der Waals surface area contributed by atoms with Crippen molar-refractivity contribution in [3.8, 4) is 0 Å². The summed E-state index contributed by atoms with van der Waals surface area (Å²) in [5.41, 5.74) is 2.21. The minimum absolute atomic E-state index is 0.911. The molecule has 102 valence electrons. The molecule has 0 spiro atoms. The van der Waals surface area contributed by atoms with Gasteiger partial charge in [-0.05, 0) is 42.5 Å². The predicted octanol–water partition coefficient (Wildman–Crippen LogP) is 3.02. The zero-order valence-corrected chi connectivity index (χ0v) is 11.4. The summed E-state index contributed by atoms with van der Waals surface area (Å²) in [7, 11) is 0. The van der Waals surface area contributed by atoms with Crippen molar-refractivity contribution in [2.75, 3.05) is 13.1 Å². The van der Waals surface area contributed by atoms with Gasteiger partial charge in [0, 0.05) is 19.2 Å². The van der Waals surface area contributed by atoms with E-state index in [1.807, 2.05) is 12.1 Å². The first kappa shape index (κ1) is 13.8. The maximum Gasteiger partial charge on any atom is 0.328 e. The van der Waals surface area contributed by atoms with Gasteiger partial charge in [0.25, 0.3) is 0 Å². The molecule has 2 rings (SSSR count). The Kier molecular flexibility index (Phi) is 4.74. The van der Waals surface area contributed by atoms with Crippen molar-refractivity contribution in [3.05, 3.63) is 41.5 Å². The van der Waals surface area contributed by atoms with Crippen LogP contribution in [0.1, 0.15) is 30.9 Å². The average molecular weight is 259 g/mol. The lowest BCUT2D eigenvalue weighted by Crippen LogP contribution is -2.25. The fraction of sp³-hybridized carbons (Fsp3) is 0.438. The second kappa shape index (κ2) is 6.53. The molecule has 3 nitrogen and oxygen atoms in total. The highest BCUT2D eigenvalue weighted by Gasteiger charge is 2.23. The molecule has 0 amide bonds. The van der Waals surface area contributed by atoms with E-state index in [-0.39, 0.29) is 0 Å². The Labute approximate surface area is 114 Å². The summed E-state index contributed by atoms with van der Waals surface area (Å²) in [6.45, 7) is 5.47. The molecule has 1 aromatic rings. The maximum atomic E-state index is 10.4. The van der Waals surface area contributed by atoms with Crippen LogP contribution in [0.3, 0.4) is 0 Å². The topological polar surface area (TPSA) is 40.5 Å². The first-order chi connectivity index (χ1) is 9.17. The zero-order chi connectivity index (χ0) is 13.7. The Morgan fingerprint density at radius 2 is 2.05 bits per heavy atom. The molecule has 19 heavy (non-hydrogen) atoms. The van der Waals surface area contributed by atoms with Gasteiger partial charge in [-0.1, -0.05) is 31.2 Å². The van der Waals surface area contributed by atoms with Crippen molar-refractivity contribution < 1.29 is 9.90 Å². The van der Waals surface area contributed by atoms with Gasteiger partial charge in [0.1, 0.15) is 0 Å². The molecule has 0 radical (unpaired) electrons. The third kappa shape index (κ3) is 4.87. The number of carboxylic acids is 1. The van der Waals surface area contributed by atoms with Gasteiger partial charge in [0.2, 0.25) is 0 Å². The quantitative estimate of drug-likeness (QED) is 0.765. The van der Waals surface area contributed by atoms with Crippen LogP contribution < -0.4 is 0 Å². The molecule has 1 N–H and O–H groups in total. The average Bonchev–Trinajstić information content (AvgIpc) is 3.21. The van der Waals surface area contributed by atoms with Crippen LogP contribution in [-0.2, 0) is 11.3 Å². The minimum Gasteiger partial charge on any atom is -0.478 e. The first-order valence-corrected chi connectivity index (χ1v) is 6.89. The van der Waals surface area contributed by atoms with Gasteiger partial charge in [-0.25, -0.2) is 4.79 Å². The van der Waals surface area contributed by atoms with Crippen molar-refractivity contribution in [2.24, 2.45) is 5.92 Å². The van der Waals surface area contributed by atoms with Gasteiger partial charge < -0.3 is 5.11 Å². The van der Waals surface area contributed by atoms with Crippen LogP contribution >= 0.6 is 0 Å². The number of carbonyl (C=O) groups is 1. The summed E-state index contributed by atoms with van der Waals surface area (Å²) >= 11 is 0. The van der Waals surface area contributed by atoms with Gasteiger partial charge in [-0.15, -0.1) is 0 Å². The Morgan fingerprint density at radius 1 is 1.37 bits per heavy atom. The Morgan fingerprint density at radius 3 is 2.58 bits per heavy atom. The second-order valence-corrected chi connectivity index (χ2v) is 5.18. The second-order valence-electron chi connectivity index (χ2n) is 5.18. The van der Waals surface area contributed by atoms with E-state index in [0.717, 1.165) is 24.6 Å². The summed E-state index contributed by atoms with van der Waals surface area (Å²) in [6, 6.07) is 8.10. The number of nitrogens with zero attached hydrogens (tertiary/aromatic N) is 1. The minimum atomic E-state index is -0.911. The lowest BCUT2D eigenvalue weighted by molar-refractivity contribution is -0.131. The van der Waals surface area contributed by atoms with Crippen molar-refractivity contribution >= 4 is 12.0 Å². The molecule has 1 aliphatic carbocycles. The van der Waals surface area contributed by atoms with E-state index in [0.29, 0.717) is 0 Å². The summed E-state index contributed by atoms with van der Waals surface area (Å²) in [5, 5.41) is 8.58. The van der Waals surface area contributed by atoms with E-state index in [1.54, 1.807) is 6.08 Å². The molecule has 1 fully saturated rings. The van der Waals surface area contributed by atoms with Crippen LogP contribution in [0.2, 0.25) is 0 Å². The Balaban J connectivity index is 1.91. The number of rotatable bonds is 7. The third-order valence-corrected chi connectivity index (χ3v) is 3.46. The van der Waals surface area contributed by atoms with Crippen molar-refractivity contribution in [1.29, 1.82) is 0 Å². The summed E-state index contributed by atoms with van der Waals surface area (Å²) in [6.07, 6.45) is 5.55. The summed E-state index contributed by atoms with van der Waals surface area (Å²) in [5.74, 6) is 0.00314. The molecular formula is C16H21NO2. The molecule has 1 aromatic carbocycles. The highest BCUT2D eigenvalue weighted by atomic mass is 16.4. The Hall–Kier alpha value is -1.61. The van der Waals surface area contributed by atoms with E-state index in [2.05, 4.69) is 24.0 Å². The van der Waals surface area contributed by atoms with Gasteiger partial charge >= 0.3 is 5.97 Å². The van der Waals surface area contributed by atoms with Crippen LogP contribution in [0, 0.1) is 5.92 Å². The highest BCUT2D eigenvalue weighted by Crippen LogP contribution is 2.30. The number of aliphatic carboxylic acids is 1. The molecule has 0 atom stereocenters. The van der Waals surface area contributed by atoms with Crippen LogP contribution in [-0.4, -0.2) is 29.1 Å². The predicted molar refractivity (Wildman–Crippen MR) is 76.8 cm³/mol. The largest absolute Gasteiger partial charge is 0.478 e. The molecule has 0 bridgehead atoms. The fourth-order valence-electron chi connectivity index (χ4n) is 2.13. The van der Waals surface area contributed by atoms with Crippen molar-refractivity contribution in [1.82, 2.24) is 4.90 Å². The summed E-state index contributed by atoms with van der Waals surface area (Å²) < 4.78 is 0. The molecular weight excluding hydrogens is 238 g/mol. The molecule has 0 aliphatic heterocycles. The third-order valence-electron chi connectivity index (χ3n) is 3.46. The van der Waals surface area contributed by atoms with Gasteiger partial charge in [0.05, 0.1) is 0 Å². The molecule has 0 aromatic heterocycles. The van der Waals surface area contributed by atoms with E-state index in [1.165, 1.54) is 31.0 Å². The van der Waals surface area contributed by atoms with Gasteiger partial charge in [-0.2, -0.15) is 0 Å². The van der Waals surface area contributed by atoms with Gasteiger partial charge in [0.15, 0.2) is 0 Å². The zero-order valence-electron chi connectivity index (χ0n) is 11.4. The molecule has 1 saturated carbocycles. The SMILES string of the molecule is CCN(Cc1ccc(C=CC(=O)O)cc1)CC1CC1. The molecule has 0 heterocycles. The standard InChI is InChI=1S/C16H21NO2/c1-2-17(12-15-7-8-15)11-14-5-3-13(4-6-14)9-10-16(18)19/h3-6,9-10,15H,2,7-8,11-12H2,1H3,(H,18,19). The first-order valence-electron chi connectivity index (χ1n) is 6.89. The maximum absolute atomic E-state index is 10.4. The molecule has 0 unspecified atom stereocenters. The number of carboxylic acid groups (broad SMARTS) is 1. The van der Waals surface area contributed by atoms with E-state index in [4.69, 9.17) is 5.11 Å². The highest BCUT2D eigenvalue weighted by molar-refractivity contribution is 5.85. The molecule has 0 saturated heterocycles. The van der Waals surface area contributed by atoms with Crippen molar-refractivity contribution in [2.45, 2.75) is 26.3 Å². The van der Waals surface area contributed by atoms with E-state index >= 15 is 0 Å². The molecule has 1 aliphatic rings. The van der Waals surface area contributed by atoms with Crippen LogP contribution in [0.5, 0.6) is 0 Å². The lowest BCUT2D eigenvalue weighted by Gasteiger charge is -2.20. The van der Waals surface area contributed by atoms with E-state index in [9.17, 15) is 4.79 Å². The van der Waals surface area contributed by atoms with Crippen LogP contribution in [0.15, 0.2) is 30.3 Å². The fourth-order valence-corrected chi connectivity index (χ4v) is 2.13. The number of hydrogen-bond donors (Lipinski definition) is 1. The van der Waals surface area contributed by atoms with Crippen LogP contribution in [0.25, 0.3) is 6.08 Å². The lowest BCUT2D eigenvalue weighted by atomic mass is 10.1. The summed E-state index contributed by atoms with van der Waals surface area (Å²) in [4.78, 5) is 12.9. The Bertz CT molecular complexity index is 446. The monoisotopic (exact) mass is 259 g/mol. The smallest absolute Gasteiger partial charge is 0.328 e. The normalized spacial score (nSPS) is 15.3. The van der Waals surface area contributed by atoms with E-state index < -0.39 is 5.97 Å². The number of hydrogen-bond acceptors (Lipinski definition) is 2. The van der Waals surface area contributed by atoms with Gasteiger partial charge in [-0.3, -0.25) is 4.90 Å².